The minimum absolute atomic E-state index is 0.822. The fraction of sp³-hybridized carbons (Fsp3) is 0.222. The van der Waals surface area contributed by atoms with Crippen molar-refractivity contribution < 1.29 is 0 Å². The summed E-state index contributed by atoms with van der Waals surface area (Å²) in [5.74, 6) is 1.15. The third-order valence-corrected chi connectivity index (χ3v) is 5.33. The monoisotopic (exact) mass is 395 g/mol. The predicted molar refractivity (Wildman–Crippen MR) is 126 cm³/mol. The fourth-order valence-corrected chi connectivity index (χ4v) is 3.87. The summed E-state index contributed by atoms with van der Waals surface area (Å²) in [6, 6.07) is 31.9. The molecule has 152 valence electrons. The molecule has 4 aromatic rings. The van der Waals surface area contributed by atoms with E-state index < -0.39 is 0 Å². The summed E-state index contributed by atoms with van der Waals surface area (Å²) in [6.07, 6.45) is 2.04. The molecule has 0 radical (unpaired) electrons. The third kappa shape index (κ3) is 4.69. The smallest absolute Gasteiger partial charge is 0.110 e. The lowest BCUT2D eigenvalue weighted by atomic mass is 10.0. The van der Waals surface area contributed by atoms with Gasteiger partial charge in [-0.2, -0.15) is 0 Å². The van der Waals surface area contributed by atoms with E-state index in [0.29, 0.717) is 0 Å². The van der Waals surface area contributed by atoms with Crippen molar-refractivity contribution in [2.75, 3.05) is 20.6 Å². The second kappa shape index (κ2) is 9.55. The van der Waals surface area contributed by atoms with Gasteiger partial charge in [0.1, 0.15) is 5.82 Å². The lowest BCUT2D eigenvalue weighted by Crippen LogP contribution is -2.15. The highest BCUT2D eigenvalue weighted by molar-refractivity contribution is 5.79. The van der Waals surface area contributed by atoms with E-state index in [-0.39, 0.29) is 0 Å². The Morgan fingerprint density at radius 3 is 1.90 bits per heavy atom. The molecule has 0 unspecified atom stereocenters. The van der Waals surface area contributed by atoms with Gasteiger partial charge in [-0.1, -0.05) is 91.0 Å². The second-order valence-corrected chi connectivity index (χ2v) is 7.94. The summed E-state index contributed by atoms with van der Waals surface area (Å²) in [6.45, 7) is 1.88. The first-order valence-electron chi connectivity index (χ1n) is 10.6. The van der Waals surface area contributed by atoms with Crippen LogP contribution in [-0.4, -0.2) is 35.1 Å². The first kappa shape index (κ1) is 20.1. The molecule has 1 heterocycles. The summed E-state index contributed by atoms with van der Waals surface area (Å²) < 4.78 is 2.42. The van der Waals surface area contributed by atoms with Gasteiger partial charge in [-0.05, 0) is 32.6 Å². The van der Waals surface area contributed by atoms with Crippen molar-refractivity contribution in [3.05, 3.63) is 102 Å². The molecule has 0 amide bonds. The average molecular weight is 396 g/mol. The quantitative estimate of drug-likeness (QED) is 0.378. The molecule has 0 atom stereocenters. The van der Waals surface area contributed by atoms with Crippen LogP contribution in [0.25, 0.3) is 22.5 Å². The summed E-state index contributed by atoms with van der Waals surface area (Å²) in [5, 5.41) is 0. The van der Waals surface area contributed by atoms with Gasteiger partial charge in [0, 0.05) is 24.1 Å². The molecular weight excluding hydrogens is 366 g/mol. The van der Waals surface area contributed by atoms with E-state index in [0.717, 1.165) is 43.0 Å². The van der Waals surface area contributed by atoms with E-state index in [1.54, 1.807) is 0 Å². The number of aromatic nitrogens is 2. The Morgan fingerprint density at radius 1 is 0.733 bits per heavy atom. The molecule has 0 aliphatic heterocycles. The van der Waals surface area contributed by atoms with Crippen LogP contribution in [0.4, 0.5) is 0 Å². The second-order valence-electron chi connectivity index (χ2n) is 7.94. The van der Waals surface area contributed by atoms with Gasteiger partial charge in [-0.15, -0.1) is 0 Å². The Labute approximate surface area is 179 Å². The molecule has 0 saturated heterocycles. The van der Waals surface area contributed by atoms with Gasteiger partial charge in [-0.3, -0.25) is 0 Å². The van der Waals surface area contributed by atoms with Crippen molar-refractivity contribution in [2.45, 2.75) is 19.4 Å². The maximum Gasteiger partial charge on any atom is 0.110 e. The molecule has 0 bridgehead atoms. The van der Waals surface area contributed by atoms with E-state index in [1.165, 1.54) is 16.8 Å². The van der Waals surface area contributed by atoms with Crippen LogP contribution in [0.3, 0.4) is 0 Å². The lowest BCUT2D eigenvalue weighted by molar-refractivity contribution is 0.397. The molecule has 0 spiro atoms. The summed E-state index contributed by atoms with van der Waals surface area (Å²) in [5.41, 5.74) is 5.93. The zero-order valence-corrected chi connectivity index (χ0v) is 17.8. The van der Waals surface area contributed by atoms with Crippen molar-refractivity contribution in [1.29, 1.82) is 0 Å². The molecule has 3 nitrogen and oxygen atoms in total. The zero-order valence-electron chi connectivity index (χ0n) is 17.8. The fourth-order valence-electron chi connectivity index (χ4n) is 3.87. The number of hydrogen-bond acceptors (Lipinski definition) is 2. The van der Waals surface area contributed by atoms with Crippen LogP contribution in [0.1, 0.15) is 17.8 Å². The van der Waals surface area contributed by atoms with Crippen molar-refractivity contribution >= 4 is 0 Å². The van der Waals surface area contributed by atoms with Crippen molar-refractivity contribution in [3.8, 4) is 22.5 Å². The van der Waals surface area contributed by atoms with Crippen LogP contribution in [0.5, 0.6) is 0 Å². The van der Waals surface area contributed by atoms with Crippen molar-refractivity contribution in [2.24, 2.45) is 0 Å². The third-order valence-electron chi connectivity index (χ3n) is 5.33. The van der Waals surface area contributed by atoms with E-state index >= 15 is 0 Å². The minimum Gasteiger partial charge on any atom is -0.323 e. The Bertz CT molecular complexity index is 1050. The van der Waals surface area contributed by atoms with Gasteiger partial charge < -0.3 is 9.47 Å². The molecule has 3 aromatic carbocycles. The molecular formula is C27H29N3. The number of imidazole rings is 1. The number of hydrogen-bond donors (Lipinski definition) is 0. The number of benzene rings is 3. The maximum absolute atomic E-state index is 5.19. The van der Waals surface area contributed by atoms with Crippen molar-refractivity contribution in [1.82, 2.24) is 14.5 Å². The molecule has 3 heteroatoms. The van der Waals surface area contributed by atoms with E-state index in [9.17, 15) is 0 Å². The Kier molecular flexibility index (Phi) is 6.41. The maximum atomic E-state index is 5.19. The summed E-state index contributed by atoms with van der Waals surface area (Å²) >= 11 is 0. The number of aryl methyl sites for hydroxylation is 1. The Morgan fingerprint density at radius 2 is 1.30 bits per heavy atom. The van der Waals surface area contributed by atoms with Gasteiger partial charge in [0.15, 0.2) is 0 Å². The van der Waals surface area contributed by atoms with Gasteiger partial charge in [0.25, 0.3) is 0 Å². The Balaban J connectivity index is 1.85. The van der Waals surface area contributed by atoms with Gasteiger partial charge in [0.05, 0.1) is 11.4 Å². The molecule has 1 aromatic heterocycles. The first-order chi connectivity index (χ1) is 14.7. The van der Waals surface area contributed by atoms with Gasteiger partial charge in [-0.25, -0.2) is 4.98 Å². The highest BCUT2D eigenvalue weighted by atomic mass is 15.1. The lowest BCUT2D eigenvalue weighted by Gasteiger charge is -2.14. The largest absolute Gasteiger partial charge is 0.323 e. The van der Waals surface area contributed by atoms with E-state index in [1.807, 2.05) is 0 Å². The first-order valence-corrected chi connectivity index (χ1v) is 10.6. The number of nitrogens with zero attached hydrogens (tertiary/aromatic N) is 3. The summed E-state index contributed by atoms with van der Waals surface area (Å²) in [7, 11) is 4.25. The van der Waals surface area contributed by atoms with Gasteiger partial charge in [0.2, 0.25) is 0 Å². The SMILES string of the molecule is CN(C)CCCc1nc(-c2ccccc2)c(-c2ccccc2)n1Cc1ccccc1. The van der Waals surface area contributed by atoms with Crippen LogP contribution in [0.15, 0.2) is 91.0 Å². The molecule has 30 heavy (non-hydrogen) atoms. The number of rotatable bonds is 8. The highest BCUT2D eigenvalue weighted by Crippen LogP contribution is 2.33. The highest BCUT2D eigenvalue weighted by Gasteiger charge is 2.20. The van der Waals surface area contributed by atoms with Crippen molar-refractivity contribution in [3.63, 3.8) is 0 Å². The van der Waals surface area contributed by atoms with Gasteiger partial charge >= 0.3 is 0 Å². The molecule has 0 saturated carbocycles. The molecule has 0 fully saturated rings. The standard InChI is InChI=1S/C27H29N3/c1-29(2)20-12-19-25-28-26(23-15-8-4-9-16-23)27(24-17-10-5-11-18-24)30(25)21-22-13-6-3-7-14-22/h3-11,13-18H,12,19-21H2,1-2H3. The van der Waals surface area contributed by atoms with Crippen LogP contribution >= 0.6 is 0 Å². The molecule has 4 rings (SSSR count). The normalized spacial score (nSPS) is 11.2. The Hall–Kier alpha value is -3.17. The predicted octanol–water partition coefficient (Wildman–Crippen LogP) is 5.76. The van der Waals surface area contributed by atoms with Crippen LogP contribution < -0.4 is 0 Å². The molecule has 0 aliphatic rings. The summed E-state index contributed by atoms with van der Waals surface area (Å²) in [4.78, 5) is 7.43. The molecule has 0 N–H and O–H groups in total. The van der Waals surface area contributed by atoms with E-state index in [4.69, 9.17) is 4.98 Å². The zero-order chi connectivity index (χ0) is 20.8. The minimum atomic E-state index is 0.822. The van der Waals surface area contributed by atoms with Crippen LogP contribution in [0, 0.1) is 0 Å². The topological polar surface area (TPSA) is 21.1 Å². The van der Waals surface area contributed by atoms with Crippen LogP contribution in [-0.2, 0) is 13.0 Å². The van der Waals surface area contributed by atoms with E-state index in [2.05, 4.69) is 115 Å². The molecule has 0 aliphatic carbocycles. The van der Waals surface area contributed by atoms with Crippen LogP contribution in [0.2, 0.25) is 0 Å². The average Bonchev–Trinajstić information content (AvgIpc) is 3.13.